The van der Waals surface area contributed by atoms with Gasteiger partial charge in [0.2, 0.25) is 0 Å². The fourth-order valence-electron chi connectivity index (χ4n) is 1.22. The van der Waals surface area contributed by atoms with E-state index in [-0.39, 0.29) is 0 Å². The number of allylic oxidation sites excluding steroid dienone is 1. The van der Waals surface area contributed by atoms with Crippen molar-refractivity contribution in [1.29, 1.82) is 0 Å². The number of benzene rings is 1. The van der Waals surface area contributed by atoms with Gasteiger partial charge in [-0.3, -0.25) is 10.2 Å². The third kappa shape index (κ3) is 4.39. The number of fused-ring (bicyclic) bond motifs is 1. The van der Waals surface area contributed by atoms with Gasteiger partial charge in [0.1, 0.15) is 6.04 Å². The molecule has 5 nitrogen and oxygen atoms in total. The lowest BCUT2D eigenvalue weighted by Crippen LogP contribution is -2.28. The maximum atomic E-state index is 9.81. The SMILES string of the molecule is C1=Cc2ccccc2NN=C1.CCC(N)C(=O)O. The lowest BCUT2D eigenvalue weighted by Gasteiger charge is -2.00. The van der Waals surface area contributed by atoms with Crippen molar-refractivity contribution in [2.24, 2.45) is 10.8 Å². The first-order valence-electron chi connectivity index (χ1n) is 5.68. The molecule has 1 aromatic carbocycles. The number of rotatable bonds is 2. The van der Waals surface area contributed by atoms with E-state index in [4.69, 9.17) is 10.8 Å². The summed E-state index contributed by atoms with van der Waals surface area (Å²) in [5.74, 6) is -0.928. The Kier molecular flexibility index (Phi) is 5.60. The molecule has 18 heavy (non-hydrogen) atoms. The molecular formula is C13H17N3O2. The monoisotopic (exact) mass is 247 g/mol. The van der Waals surface area contributed by atoms with Crippen LogP contribution in [0.15, 0.2) is 35.4 Å². The fourth-order valence-corrected chi connectivity index (χ4v) is 1.22. The molecule has 1 aliphatic heterocycles. The highest BCUT2D eigenvalue weighted by Gasteiger charge is 2.05. The Morgan fingerprint density at radius 2 is 2.22 bits per heavy atom. The average Bonchev–Trinajstić information content (AvgIpc) is 2.63. The molecular weight excluding hydrogens is 230 g/mol. The lowest BCUT2D eigenvalue weighted by molar-refractivity contribution is -0.138. The van der Waals surface area contributed by atoms with E-state index in [2.05, 4.69) is 10.5 Å². The van der Waals surface area contributed by atoms with Gasteiger partial charge < -0.3 is 10.8 Å². The van der Waals surface area contributed by atoms with Crippen LogP contribution in [0, 0.1) is 0 Å². The maximum absolute atomic E-state index is 9.81. The van der Waals surface area contributed by atoms with Gasteiger partial charge in [0.05, 0.1) is 5.69 Å². The van der Waals surface area contributed by atoms with Gasteiger partial charge in [-0.05, 0) is 24.1 Å². The van der Waals surface area contributed by atoms with E-state index in [1.165, 1.54) is 5.56 Å². The molecule has 0 amide bonds. The molecule has 0 spiro atoms. The van der Waals surface area contributed by atoms with Crippen LogP contribution in [0.5, 0.6) is 0 Å². The summed E-state index contributed by atoms with van der Waals surface area (Å²) in [6, 6.07) is 7.37. The molecule has 1 atom stereocenters. The van der Waals surface area contributed by atoms with Crippen molar-refractivity contribution in [3.63, 3.8) is 0 Å². The molecule has 0 saturated carbocycles. The van der Waals surface area contributed by atoms with Crippen LogP contribution in [-0.2, 0) is 4.79 Å². The van der Waals surface area contributed by atoms with Crippen LogP contribution in [0.1, 0.15) is 18.9 Å². The number of para-hydroxylation sites is 1. The summed E-state index contributed by atoms with van der Waals surface area (Å²) in [7, 11) is 0. The van der Waals surface area contributed by atoms with Gasteiger partial charge in [-0.2, -0.15) is 5.10 Å². The molecule has 96 valence electrons. The molecule has 1 unspecified atom stereocenters. The maximum Gasteiger partial charge on any atom is 0.320 e. The molecule has 0 bridgehead atoms. The minimum absolute atomic E-state index is 0.495. The predicted octanol–water partition coefficient (Wildman–Crippen LogP) is 1.92. The standard InChI is InChI=1S/C9H8N2.C4H9NO2/c1-2-6-9-8(4-1)5-3-7-10-11-9;1-2-3(5)4(6)7/h1-7,11H;3H,2,5H2,1H3,(H,6,7). The summed E-state index contributed by atoms with van der Waals surface area (Å²) in [5.41, 5.74) is 10.2. The Balaban J connectivity index is 0.000000203. The van der Waals surface area contributed by atoms with E-state index in [9.17, 15) is 4.79 Å². The second-order valence-corrected chi connectivity index (χ2v) is 3.69. The third-order valence-corrected chi connectivity index (χ3v) is 2.34. The Hall–Kier alpha value is -2.14. The minimum Gasteiger partial charge on any atom is -0.480 e. The molecule has 1 heterocycles. The first kappa shape index (κ1) is 13.9. The number of hydrogen-bond donors (Lipinski definition) is 3. The van der Waals surface area contributed by atoms with Crippen molar-refractivity contribution in [2.45, 2.75) is 19.4 Å². The second kappa shape index (κ2) is 7.24. The molecule has 0 aliphatic carbocycles. The van der Waals surface area contributed by atoms with Crippen molar-refractivity contribution < 1.29 is 9.90 Å². The van der Waals surface area contributed by atoms with Gasteiger partial charge in [0.25, 0.3) is 0 Å². The lowest BCUT2D eigenvalue weighted by atomic mass is 10.2. The first-order valence-corrected chi connectivity index (χ1v) is 5.68. The number of nitrogens with two attached hydrogens (primary N) is 1. The van der Waals surface area contributed by atoms with E-state index in [0.717, 1.165) is 5.69 Å². The normalized spacial score (nSPS) is 13.4. The molecule has 0 aromatic heterocycles. The summed E-state index contributed by atoms with van der Waals surface area (Å²) in [6.45, 7) is 1.73. The summed E-state index contributed by atoms with van der Waals surface area (Å²) in [5, 5.41) is 12.0. The van der Waals surface area contributed by atoms with Crippen LogP contribution in [-0.4, -0.2) is 23.3 Å². The van der Waals surface area contributed by atoms with Crippen LogP contribution in [0.25, 0.3) is 6.08 Å². The van der Waals surface area contributed by atoms with Gasteiger partial charge in [-0.25, -0.2) is 0 Å². The number of carboxylic acids is 1. The van der Waals surface area contributed by atoms with Crippen LogP contribution < -0.4 is 11.2 Å². The molecule has 2 rings (SSSR count). The number of carbonyl (C=O) groups is 1. The Bertz CT molecular complexity index is 455. The molecule has 1 aliphatic rings. The number of nitrogens with one attached hydrogen (secondary N) is 1. The van der Waals surface area contributed by atoms with Crippen LogP contribution in [0.3, 0.4) is 0 Å². The summed E-state index contributed by atoms with van der Waals surface area (Å²) in [6.07, 6.45) is 6.17. The topological polar surface area (TPSA) is 87.7 Å². The molecule has 4 N–H and O–H groups in total. The molecule has 0 fully saturated rings. The highest BCUT2D eigenvalue weighted by atomic mass is 16.4. The van der Waals surface area contributed by atoms with Crippen molar-refractivity contribution in [1.82, 2.24) is 0 Å². The van der Waals surface area contributed by atoms with E-state index in [1.807, 2.05) is 36.4 Å². The zero-order valence-electron chi connectivity index (χ0n) is 10.2. The number of hydrazone groups is 1. The number of aliphatic carboxylic acids is 1. The molecule has 0 saturated heterocycles. The van der Waals surface area contributed by atoms with Gasteiger partial charge in [0.15, 0.2) is 0 Å². The minimum atomic E-state index is -0.928. The smallest absolute Gasteiger partial charge is 0.320 e. The van der Waals surface area contributed by atoms with Gasteiger partial charge in [-0.15, -0.1) is 0 Å². The highest BCUT2D eigenvalue weighted by Crippen LogP contribution is 2.17. The number of anilines is 1. The number of hydrogen-bond acceptors (Lipinski definition) is 4. The fraction of sp³-hybridized carbons (Fsp3) is 0.231. The van der Waals surface area contributed by atoms with E-state index >= 15 is 0 Å². The molecule has 5 heteroatoms. The average molecular weight is 247 g/mol. The van der Waals surface area contributed by atoms with Crippen molar-refractivity contribution in [3.05, 3.63) is 35.9 Å². The predicted molar refractivity (Wildman–Crippen MR) is 73.5 cm³/mol. The Labute approximate surface area is 106 Å². The largest absolute Gasteiger partial charge is 0.480 e. The van der Waals surface area contributed by atoms with Crippen molar-refractivity contribution >= 4 is 23.9 Å². The number of nitrogens with zero attached hydrogens (tertiary/aromatic N) is 1. The van der Waals surface area contributed by atoms with Gasteiger partial charge in [-0.1, -0.05) is 31.2 Å². The second-order valence-electron chi connectivity index (χ2n) is 3.69. The highest BCUT2D eigenvalue weighted by molar-refractivity contribution is 5.83. The molecule has 1 aromatic rings. The molecule has 0 radical (unpaired) electrons. The third-order valence-electron chi connectivity index (χ3n) is 2.34. The van der Waals surface area contributed by atoms with Crippen LogP contribution in [0.2, 0.25) is 0 Å². The number of carboxylic acid groups (broad SMARTS) is 1. The summed E-state index contributed by atoms with van der Waals surface area (Å²) in [4.78, 5) is 9.81. The van der Waals surface area contributed by atoms with E-state index in [1.54, 1.807) is 13.1 Å². The van der Waals surface area contributed by atoms with Crippen LogP contribution in [0.4, 0.5) is 5.69 Å². The van der Waals surface area contributed by atoms with Gasteiger partial charge >= 0.3 is 5.97 Å². The van der Waals surface area contributed by atoms with Crippen molar-refractivity contribution in [3.8, 4) is 0 Å². The quantitative estimate of drug-likeness (QED) is 0.745. The Morgan fingerprint density at radius 1 is 1.50 bits per heavy atom. The summed E-state index contributed by atoms with van der Waals surface area (Å²) < 4.78 is 0. The van der Waals surface area contributed by atoms with E-state index in [0.29, 0.717) is 6.42 Å². The zero-order valence-corrected chi connectivity index (χ0v) is 10.2. The Morgan fingerprint density at radius 3 is 2.83 bits per heavy atom. The van der Waals surface area contributed by atoms with E-state index < -0.39 is 12.0 Å². The van der Waals surface area contributed by atoms with Crippen molar-refractivity contribution in [2.75, 3.05) is 5.43 Å². The van der Waals surface area contributed by atoms with Gasteiger partial charge in [0, 0.05) is 6.21 Å². The zero-order chi connectivity index (χ0) is 13.4. The first-order chi connectivity index (χ1) is 8.65. The van der Waals surface area contributed by atoms with Crippen LogP contribution >= 0.6 is 0 Å². The summed E-state index contributed by atoms with van der Waals surface area (Å²) >= 11 is 0.